The number of ketones is 1. The number of rotatable bonds is 5. The van der Waals surface area contributed by atoms with E-state index in [1.807, 2.05) is 26.1 Å². The highest BCUT2D eigenvalue weighted by molar-refractivity contribution is 5.98. The van der Waals surface area contributed by atoms with Crippen molar-refractivity contribution in [3.05, 3.63) is 23.8 Å². The first-order chi connectivity index (χ1) is 9.10. The van der Waals surface area contributed by atoms with Gasteiger partial charge in [0.25, 0.3) is 0 Å². The Labute approximate surface area is 113 Å². The Morgan fingerprint density at radius 1 is 1.58 bits per heavy atom. The van der Waals surface area contributed by atoms with Crippen LogP contribution in [0.1, 0.15) is 17.3 Å². The van der Waals surface area contributed by atoms with Crippen molar-refractivity contribution in [1.82, 2.24) is 4.90 Å². The molecular weight excluding hydrogens is 244 g/mol. The average Bonchev–Trinajstić information content (AvgIpc) is 2.38. The van der Waals surface area contributed by atoms with Crippen molar-refractivity contribution in [3.63, 3.8) is 0 Å². The van der Waals surface area contributed by atoms with Crippen LogP contribution in [0.4, 0.5) is 5.69 Å². The SMILES string of the molecule is CC1CNc2cc(C(=O)CN(C)CCO)ccc2O1. The van der Waals surface area contributed by atoms with Gasteiger partial charge in [-0.05, 0) is 32.2 Å². The number of fused-ring (bicyclic) bond motifs is 1. The molecule has 0 fully saturated rings. The minimum atomic E-state index is 0.0409. The van der Waals surface area contributed by atoms with Crippen molar-refractivity contribution >= 4 is 11.5 Å². The van der Waals surface area contributed by atoms with Gasteiger partial charge in [0.2, 0.25) is 0 Å². The molecule has 0 saturated heterocycles. The summed E-state index contributed by atoms with van der Waals surface area (Å²) >= 11 is 0. The quantitative estimate of drug-likeness (QED) is 0.776. The molecule has 5 nitrogen and oxygen atoms in total. The van der Waals surface area contributed by atoms with E-state index in [-0.39, 0.29) is 18.5 Å². The van der Waals surface area contributed by atoms with E-state index in [1.54, 1.807) is 11.0 Å². The molecular formula is C14H20N2O3. The predicted octanol–water partition coefficient (Wildman–Crippen LogP) is 0.986. The molecule has 2 N–H and O–H groups in total. The van der Waals surface area contributed by atoms with Gasteiger partial charge in [0.05, 0.1) is 25.4 Å². The molecule has 1 heterocycles. The van der Waals surface area contributed by atoms with Crippen LogP contribution in [0, 0.1) is 0 Å². The summed E-state index contributed by atoms with van der Waals surface area (Å²) in [7, 11) is 1.82. The van der Waals surface area contributed by atoms with Crippen LogP contribution in [0.25, 0.3) is 0 Å². The third kappa shape index (κ3) is 3.45. The van der Waals surface area contributed by atoms with Crippen LogP contribution in [-0.2, 0) is 0 Å². The summed E-state index contributed by atoms with van der Waals surface area (Å²) in [6, 6.07) is 5.45. The van der Waals surface area contributed by atoms with E-state index in [0.29, 0.717) is 18.7 Å². The Morgan fingerprint density at radius 2 is 2.37 bits per heavy atom. The fraction of sp³-hybridized carbons (Fsp3) is 0.500. The summed E-state index contributed by atoms with van der Waals surface area (Å²) in [5.41, 5.74) is 1.53. The molecule has 1 aromatic carbocycles. The average molecular weight is 264 g/mol. The van der Waals surface area contributed by atoms with Gasteiger partial charge in [0.1, 0.15) is 11.9 Å². The first-order valence-corrected chi connectivity index (χ1v) is 6.47. The number of benzene rings is 1. The van der Waals surface area contributed by atoms with Crippen LogP contribution < -0.4 is 10.1 Å². The second-order valence-corrected chi connectivity index (χ2v) is 4.90. The van der Waals surface area contributed by atoms with Crippen LogP contribution >= 0.6 is 0 Å². The summed E-state index contributed by atoms with van der Waals surface area (Å²) in [6.07, 6.45) is 0.143. The molecule has 1 aromatic rings. The lowest BCUT2D eigenvalue weighted by Gasteiger charge is -2.25. The minimum absolute atomic E-state index is 0.0409. The summed E-state index contributed by atoms with van der Waals surface area (Å²) < 4.78 is 5.67. The van der Waals surface area contributed by atoms with Gasteiger partial charge < -0.3 is 15.2 Å². The van der Waals surface area contributed by atoms with Crippen molar-refractivity contribution < 1.29 is 14.6 Å². The number of nitrogens with one attached hydrogen (secondary N) is 1. The van der Waals surface area contributed by atoms with E-state index in [9.17, 15) is 4.79 Å². The van der Waals surface area contributed by atoms with Gasteiger partial charge in [-0.25, -0.2) is 0 Å². The third-order valence-corrected chi connectivity index (χ3v) is 3.10. The molecule has 0 bridgehead atoms. The molecule has 0 amide bonds. The molecule has 2 rings (SSSR count). The van der Waals surface area contributed by atoms with E-state index in [4.69, 9.17) is 9.84 Å². The van der Waals surface area contributed by atoms with E-state index in [2.05, 4.69) is 5.32 Å². The Hall–Kier alpha value is -1.59. The fourth-order valence-corrected chi connectivity index (χ4v) is 2.04. The summed E-state index contributed by atoms with van der Waals surface area (Å²) in [6.45, 7) is 3.60. The number of Topliss-reactive ketones (excluding diaryl/α,β-unsaturated/α-hetero) is 1. The number of hydrogen-bond acceptors (Lipinski definition) is 5. The van der Waals surface area contributed by atoms with Crippen molar-refractivity contribution in [2.75, 3.05) is 38.6 Å². The highest BCUT2D eigenvalue weighted by Gasteiger charge is 2.17. The third-order valence-electron chi connectivity index (χ3n) is 3.10. The highest BCUT2D eigenvalue weighted by atomic mass is 16.5. The lowest BCUT2D eigenvalue weighted by atomic mass is 10.1. The topological polar surface area (TPSA) is 61.8 Å². The van der Waals surface area contributed by atoms with Gasteiger partial charge in [-0.1, -0.05) is 0 Å². The number of aliphatic hydroxyl groups excluding tert-OH is 1. The molecule has 1 atom stereocenters. The lowest BCUT2D eigenvalue weighted by Crippen LogP contribution is -2.29. The van der Waals surface area contributed by atoms with Crippen LogP contribution in [-0.4, -0.2) is 55.2 Å². The summed E-state index contributed by atoms with van der Waals surface area (Å²) in [4.78, 5) is 13.9. The molecule has 19 heavy (non-hydrogen) atoms. The van der Waals surface area contributed by atoms with Gasteiger partial charge >= 0.3 is 0 Å². The Kier molecular flexibility index (Phi) is 4.39. The van der Waals surface area contributed by atoms with Crippen molar-refractivity contribution in [2.45, 2.75) is 13.0 Å². The normalized spacial score (nSPS) is 17.6. The molecule has 1 aliphatic rings. The van der Waals surface area contributed by atoms with E-state index in [1.165, 1.54) is 0 Å². The maximum absolute atomic E-state index is 12.1. The maximum atomic E-state index is 12.1. The van der Waals surface area contributed by atoms with Gasteiger partial charge in [-0.15, -0.1) is 0 Å². The number of likely N-dealkylation sites (N-methyl/N-ethyl adjacent to an activating group) is 1. The van der Waals surface area contributed by atoms with Crippen LogP contribution in [0.15, 0.2) is 18.2 Å². The number of aliphatic hydroxyl groups is 1. The van der Waals surface area contributed by atoms with Gasteiger partial charge in [-0.3, -0.25) is 9.69 Å². The first kappa shape index (κ1) is 13.8. The molecule has 0 radical (unpaired) electrons. The van der Waals surface area contributed by atoms with Crippen molar-refractivity contribution in [2.24, 2.45) is 0 Å². The molecule has 1 aliphatic heterocycles. The molecule has 0 aromatic heterocycles. The van der Waals surface area contributed by atoms with Crippen LogP contribution in [0.5, 0.6) is 5.75 Å². The zero-order valence-electron chi connectivity index (χ0n) is 11.3. The fourth-order valence-electron chi connectivity index (χ4n) is 2.04. The molecule has 104 valence electrons. The highest BCUT2D eigenvalue weighted by Crippen LogP contribution is 2.29. The Morgan fingerprint density at radius 3 is 3.11 bits per heavy atom. The summed E-state index contributed by atoms with van der Waals surface area (Å²) in [5.74, 6) is 0.832. The largest absolute Gasteiger partial charge is 0.487 e. The van der Waals surface area contributed by atoms with Crippen LogP contribution in [0.2, 0.25) is 0 Å². The van der Waals surface area contributed by atoms with E-state index < -0.39 is 0 Å². The zero-order valence-corrected chi connectivity index (χ0v) is 11.3. The monoisotopic (exact) mass is 264 g/mol. The predicted molar refractivity (Wildman–Crippen MR) is 73.9 cm³/mol. The Bertz CT molecular complexity index is 462. The smallest absolute Gasteiger partial charge is 0.176 e. The summed E-state index contributed by atoms with van der Waals surface area (Å²) in [5, 5.41) is 12.1. The van der Waals surface area contributed by atoms with Gasteiger partial charge in [0, 0.05) is 12.1 Å². The number of ether oxygens (including phenoxy) is 1. The molecule has 5 heteroatoms. The standard InChI is InChI=1S/C14H20N2O3/c1-10-8-15-12-7-11(3-4-14(12)19-10)13(18)9-16(2)5-6-17/h3-4,7,10,15,17H,5-6,8-9H2,1-2H3. The number of nitrogens with zero attached hydrogens (tertiary/aromatic N) is 1. The van der Waals surface area contributed by atoms with Crippen molar-refractivity contribution in [3.8, 4) is 5.75 Å². The zero-order chi connectivity index (χ0) is 13.8. The van der Waals surface area contributed by atoms with E-state index in [0.717, 1.165) is 18.0 Å². The van der Waals surface area contributed by atoms with Gasteiger partial charge in [-0.2, -0.15) is 0 Å². The molecule has 0 saturated carbocycles. The second kappa shape index (κ2) is 6.04. The number of carbonyl (C=O) groups is 1. The van der Waals surface area contributed by atoms with Gasteiger partial charge in [0.15, 0.2) is 5.78 Å². The molecule has 1 unspecified atom stereocenters. The molecule has 0 aliphatic carbocycles. The number of anilines is 1. The van der Waals surface area contributed by atoms with Crippen molar-refractivity contribution in [1.29, 1.82) is 0 Å². The maximum Gasteiger partial charge on any atom is 0.176 e. The van der Waals surface area contributed by atoms with E-state index >= 15 is 0 Å². The number of carbonyl (C=O) groups excluding carboxylic acids is 1. The molecule has 0 spiro atoms. The Balaban J connectivity index is 2.07. The van der Waals surface area contributed by atoms with Crippen LogP contribution in [0.3, 0.4) is 0 Å². The first-order valence-electron chi connectivity index (χ1n) is 6.47. The minimum Gasteiger partial charge on any atom is -0.487 e. The lowest BCUT2D eigenvalue weighted by molar-refractivity contribution is 0.0935. The number of hydrogen-bond donors (Lipinski definition) is 2. The second-order valence-electron chi connectivity index (χ2n) is 4.90.